The van der Waals surface area contributed by atoms with Gasteiger partial charge in [0.2, 0.25) is 5.91 Å². The third kappa shape index (κ3) is 4.15. The summed E-state index contributed by atoms with van der Waals surface area (Å²) in [6.45, 7) is 2.27. The van der Waals surface area contributed by atoms with E-state index in [1.54, 1.807) is 25.3 Å². The Kier molecular flexibility index (Phi) is 5.25. The molecule has 0 spiro atoms. The zero-order valence-electron chi connectivity index (χ0n) is 12.8. The fourth-order valence-corrected chi connectivity index (χ4v) is 2.01. The van der Waals surface area contributed by atoms with Crippen LogP contribution in [0.2, 0.25) is 0 Å². The summed E-state index contributed by atoms with van der Waals surface area (Å²) in [5.74, 6) is 1.21. The molecule has 5 nitrogen and oxygen atoms in total. The van der Waals surface area contributed by atoms with Crippen molar-refractivity contribution in [3.05, 3.63) is 48.0 Å². The standard InChI is InChI=1S/C17H20N2O3/c1-12-5-3-4-6-15(12)22-10-9-17(20)19-14-11-13(18)7-8-16(14)21-2/h3-8,11H,9-10,18H2,1-2H3,(H,19,20). The molecule has 0 saturated heterocycles. The number of nitrogen functional groups attached to an aromatic ring is 1. The van der Waals surface area contributed by atoms with Gasteiger partial charge in [0.25, 0.3) is 0 Å². The van der Waals surface area contributed by atoms with Gasteiger partial charge < -0.3 is 20.5 Å². The summed E-state index contributed by atoms with van der Waals surface area (Å²) in [5, 5.41) is 2.78. The van der Waals surface area contributed by atoms with Gasteiger partial charge in [-0.05, 0) is 36.8 Å². The van der Waals surface area contributed by atoms with Gasteiger partial charge in [-0.1, -0.05) is 18.2 Å². The largest absolute Gasteiger partial charge is 0.495 e. The molecule has 0 radical (unpaired) electrons. The van der Waals surface area contributed by atoms with Crippen molar-refractivity contribution in [3.8, 4) is 11.5 Å². The highest BCUT2D eigenvalue weighted by atomic mass is 16.5. The molecule has 3 N–H and O–H groups in total. The topological polar surface area (TPSA) is 73.6 Å². The average molecular weight is 300 g/mol. The average Bonchev–Trinajstić information content (AvgIpc) is 2.49. The van der Waals surface area contributed by atoms with Crippen molar-refractivity contribution in [1.29, 1.82) is 0 Å². The van der Waals surface area contributed by atoms with Crippen LogP contribution in [0.1, 0.15) is 12.0 Å². The lowest BCUT2D eigenvalue weighted by atomic mass is 10.2. The first-order valence-electron chi connectivity index (χ1n) is 7.02. The van der Waals surface area contributed by atoms with Gasteiger partial charge in [-0.3, -0.25) is 4.79 Å². The van der Waals surface area contributed by atoms with E-state index in [0.29, 0.717) is 23.7 Å². The second kappa shape index (κ2) is 7.36. The molecule has 22 heavy (non-hydrogen) atoms. The van der Waals surface area contributed by atoms with E-state index in [0.717, 1.165) is 11.3 Å². The van der Waals surface area contributed by atoms with Crippen LogP contribution in [-0.4, -0.2) is 19.6 Å². The van der Waals surface area contributed by atoms with Crippen LogP contribution in [0, 0.1) is 6.92 Å². The van der Waals surface area contributed by atoms with Gasteiger partial charge in [-0.25, -0.2) is 0 Å². The molecule has 0 saturated carbocycles. The molecule has 0 aliphatic carbocycles. The molecule has 0 aliphatic rings. The number of nitrogens with one attached hydrogen (secondary N) is 1. The number of rotatable bonds is 6. The molecular weight excluding hydrogens is 280 g/mol. The number of carbonyl (C=O) groups excluding carboxylic acids is 1. The smallest absolute Gasteiger partial charge is 0.227 e. The molecule has 2 rings (SSSR count). The summed E-state index contributed by atoms with van der Waals surface area (Å²) in [4.78, 5) is 12.0. The predicted molar refractivity (Wildman–Crippen MR) is 87.3 cm³/mol. The summed E-state index contributed by atoms with van der Waals surface area (Å²) in [6.07, 6.45) is 0.242. The second-order valence-electron chi connectivity index (χ2n) is 4.87. The van der Waals surface area contributed by atoms with Gasteiger partial charge >= 0.3 is 0 Å². The minimum atomic E-state index is -0.155. The second-order valence-corrected chi connectivity index (χ2v) is 4.87. The zero-order valence-corrected chi connectivity index (χ0v) is 12.8. The molecule has 116 valence electrons. The molecule has 0 aromatic heterocycles. The highest BCUT2D eigenvalue weighted by Gasteiger charge is 2.08. The SMILES string of the molecule is COc1ccc(N)cc1NC(=O)CCOc1ccccc1C. The number of amides is 1. The molecule has 1 amide bonds. The van der Waals surface area contributed by atoms with Crippen LogP contribution in [0.5, 0.6) is 11.5 Å². The zero-order chi connectivity index (χ0) is 15.9. The highest BCUT2D eigenvalue weighted by Crippen LogP contribution is 2.26. The number of hydrogen-bond acceptors (Lipinski definition) is 4. The highest BCUT2D eigenvalue weighted by molar-refractivity contribution is 5.93. The lowest BCUT2D eigenvalue weighted by Gasteiger charge is -2.12. The fourth-order valence-electron chi connectivity index (χ4n) is 2.01. The van der Waals surface area contributed by atoms with Gasteiger partial charge in [-0.15, -0.1) is 0 Å². The third-order valence-corrected chi connectivity index (χ3v) is 3.18. The molecule has 5 heteroatoms. The quantitative estimate of drug-likeness (QED) is 0.804. The maximum Gasteiger partial charge on any atom is 0.227 e. The van der Waals surface area contributed by atoms with E-state index in [1.165, 1.54) is 0 Å². The van der Waals surface area contributed by atoms with Crippen molar-refractivity contribution < 1.29 is 14.3 Å². The Morgan fingerprint density at radius 3 is 2.68 bits per heavy atom. The van der Waals surface area contributed by atoms with Crippen molar-refractivity contribution >= 4 is 17.3 Å². The van der Waals surface area contributed by atoms with Crippen LogP contribution >= 0.6 is 0 Å². The van der Waals surface area contributed by atoms with Crippen molar-refractivity contribution in [3.63, 3.8) is 0 Å². The molecular formula is C17H20N2O3. The number of hydrogen-bond donors (Lipinski definition) is 2. The number of anilines is 2. The molecule has 0 atom stereocenters. The summed E-state index contributed by atoms with van der Waals surface area (Å²) >= 11 is 0. The first kappa shape index (κ1) is 15.7. The van der Waals surface area contributed by atoms with Crippen LogP contribution in [0.4, 0.5) is 11.4 Å². The molecule has 0 fully saturated rings. The first-order chi connectivity index (χ1) is 10.6. The molecule has 2 aromatic rings. The Hall–Kier alpha value is -2.69. The first-order valence-corrected chi connectivity index (χ1v) is 7.02. The number of para-hydroxylation sites is 1. The Bertz CT molecular complexity index is 656. The minimum absolute atomic E-state index is 0.155. The van der Waals surface area contributed by atoms with Crippen LogP contribution < -0.4 is 20.5 Å². The maximum absolute atomic E-state index is 12.0. The van der Waals surface area contributed by atoms with Gasteiger partial charge in [0.05, 0.1) is 25.8 Å². The van der Waals surface area contributed by atoms with E-state index >= 15 is 0 Å². The normalized spacial score (nSPS) is 10.1. The molecule has 0 bridgehead atoms. The van der Waals surface area contributed by atoms with E-state index in [1.807, 2.05) is 31.2 Å². The molecule has 0 heterocycles. The number of ether oxygens (including phenoxy) is 2. The lowest BCUT2D eigenvalue weighted by Crippen LogP contribution is -2.16. The van der Waals surface area contributed by atoms with Crippen LogP contribution in [0.15, 0.2) is 42.5 Å². The summed E-state index contributed by atoms with van der Waals surface area (Å²) < 4.78 is 10.8. The van der Waals surface area contributed by atoms with E-state index < -0.39 is 0 Å². The van der Waals surface area contributed by atoms with Gasteiger partial charge in [0.15, 0.2) is 0 Å². The molecule has 0 unspecified atom stereocenters. The summed E-state index contributed by atoms with van der Waals surface area (Å²) in [6, 6.07) is 12.8. The Morgan fingerprint density at radius 1 is 1.18 bits per heavy atom. The number of aryl methyl sites for hydroxylation is 1. The van der Waals surface area contributed by atoms with Crippen LogP contribution in [0.3, 0.4) is 0 Å². The predicted octanol–water partition coefficient (Wildman–Crippen LogP) is 2.99. The Morgan fingerprint density at radius 2 is 1.95 bits per heavy atom. The number of nitrogens with two attached hydrogens (primary N) is 1. The van der Waals surface area contributed by atoms with Gasteiger partial charge in [-0.2, -0.15) is 0 Å². The van der Waals surface area contributed by atoms with E-state index in [-0.39, 0.29) is 12.3 Å². The van der Waals surface area contributed by atoms with Crippen molar-refractivity contribution in [2.45, 2.75) is 13.3 Å². The summed E-state index contributed by atoms with van der Waals surface area (Å²) in [7, 11) is 1.54. The Balaban J connectivity index is 1.88. The number of carbonyl (C=O) groups is 1. The van der Waals surface area contributed by atoms with E-state index in [4.69, 9.17) is 15.2 Å². The monoisotopic (exact) mass is 300 g/mol. The Labute approximate surface area is 130 Å². The van der Waals surface area contributed by atoms with Gasteiger partial charge in [0, 0.05) is 5.69 Å². The van der Waals surface area contributed by atoms with Gasteiger partial charge in [0.1, 0.15) is 11.5 Å². The van der Waals surface area contributed by atoms with Crippen molar-refractivity contribution in [1.82, 2.24) is 0 Å². The van der Waals surface area contributed by atoms with Crippen molar-refractivity contribution in [2.75, 3.05) is 24.8 Å². The van der Waals surface area contributed by atoms with E-state index in [9.17, 15) is 4.79 Å². The van der Waals surface area contributed by atoms with E-state index in [2.05, 4.69) is 5.32 Å². The van der Waals surface area contributed by atoms with Crippen LogP contribution in [-0.2, 0) is 4.79 Å². The third-order valence-electron chi connectivity index (χ3n) is 3.18. The van der Waals surface area contributed by atoms with Crippen molar-refractivity contribution in [2.24, 2.45) is 0 Å². The molecule has 0 aliphatic heterocycles. The number of benzene rings is 2. The lowest BCUT2D eigenvalue weighted by molar-refractivity contribution is -0.116. The fraction of sp³-hybridized carbons (Fsp3) is 0.235. The minimum Gasteiger partial charge on any atom is -0.495 e. The summed E-state index contributed by atoms with van der Waals surface area (Å²) in [5.41, 5.74) is 7.88. The molecule has 2 aromatic carbocycles. The van der Waals surface area contributed by atoms with Crippen LogP contribution in [0.25, 0.3) is 0 Å². The number of methoxy groups -OCH3 is 1. The maximum atomic E-state index is 12.0.